The number of pyridine rings is 1. The van der Waals surface area contributed by atoms with Crippen molar-refractivity contribution in [1.82, 2.24) is 4.98 Å². The first-order valence-electron chi connectivity index (χ1n) is 8.91. The summed E-state index contributed by atoms with van der Waals surface area (Å²) < 4.78 is 35.6. The van der Waals surface area contributed by atoms with E-state index in [0.29, 0.717) is 46.9 Å². The first-order chi connectivity index (χ1) is 14.0. The second-order valence-corrected chi connectivity index (χ2v) is 6.15. The summed E-state index contributed by atoms with van der Waals surface area (Å²) in [5, 5.41) is 0.627. The molecule has 3 aromatic rings. The average Bonchev–Trinajstić information content (AvgIpc) is 2.72. The Kier molecular flexibility index (Phi) is 6.33. The number of anilines is 1. The molecule has 1 heterocycles. The first-order valence-corrected chi connectivity index (χ1v) is 8.91. The number of carbonyl (C=O) groups is 1. The Morgan fingerprint density at radius 2 is 1.90 bits per heavy atom. The lowest BCUT2D eigenvalue weighted by atomic mass is 10.1. The monoisotopic (exact) mass is 400 g/mol. The van der Waals surface area contributed by atoms with E-state index < -0.39 is 5.82 Å². The number of esters is 1. The van der Waals surface area contributed by atoms with E-state index >= 15 is 0 Å². The predicted octanol–water partition coefficient (Wildman–Crippen LogP) is 4.09. The standard InChI is InChI=1S/C21H21FN2O5/c1-26-19-11-14-16(12-20(19)28-9-3-4-21(25)27-2)24-8-7-17(14)29-18-6-5-13(23)10-15(18)22/h5-8,10-12H,3-4,9,23H2,1-2H3. The molecule has 0 aliphatic rings. The van der Waals surface area contributed by atoms with Gasteiger partial charge in [0.2, 0.25) is 0 Å². The van der Waals surface area contributed by atoms with Crippen LogP contribution >= 0.6 is 0 Å². The molecule has 0 radical (unpaired) electrons. The van der Waals surface area contributed by atoms with Crippen LogP contribution in [0.15, 0.2) is 42.6 Å². The molecule has 0 atom stereocenters. The number of aromatic nitrogens is 1. The number of methoxy groups -OCH3 is 2. The number of nitrogen functional groups attached to an aromatic ring is 1. The van der Waals surface area contributed by atoms with Crippen LogP contribution in [0.2, 0.25) is 0 Å². The number of nitrogens with two attached hydrogens (primary N) is 1. The fraction of sp³-hybridized carbons (Fsp3) is 0.238. The van der Waals surface area contributed by atoms with Gasteiger partial charge in [0.1, 0.15) is 5.75 Å². The predicted molar refractivity (Wildman–Crippen MR) is 106 cm³/mol. The molecule has 0 unspecified atom stereocenters. The fourth-order valence-corrected chi connectivity index (χ4v) is 2.71. The number of halogens is 1. The number of carbonyl (C=O) groups excluding carboxylic acids is 1. The van der Waals surface area contributed by atoms with Gasteiger partial charge in [-0.25, -0.2) is 4.39 Å². The minimum Gasteiger partial charge on any atom is -0.493 e. The molecule has 1 aromatic heterocycles. The molecular formula is C21H21FN2O5. The van der Waals surface area contributed by atoms with Crippen LogP contribution in [0.1, 0.15) is 12.8 Å². The van der Waals surface area contributed by atoms with E-state index in [0.717, 1.165) is 0 Å². The molecule has 7 nitrogen and oxygen atoms in total. The van der Waals surface area contributed by atoms with Crippen molar-refractivity contribution in [3.63, 3.8) is 0 Å². The van der Waals surface area contributed by atoms with E-state index in [4.69, 9.17) is 19.9 Å². The largest absolute Gasteiger partial charge is 0.493 e. The second kappa shape index (κ2) is 9.09. The number of hydrogen-bond donors (Lipinski definition) is 1. The van der Waals surface area contributed by atoms with Crippen LogP contribution in [0.25, 0.3) is 10.9 Å². The third kappa shape index (κ3) is 4.84. The summed E-state index contributed by atoms with van der Waals surface area (Å²) in [6, 6.07) is 9.27. The zero-order valence-corrected chi connectivity index (χ0v) is 16.1. The van der Waals surface area contributed by atoms with Crippen LogP contribution < -0.4 is 19.9 Å². The van der Waals surface area contributed by atoms with Crippen molar-refractivity contribution in [3.8, 4) is 23.0 Å². The number of nitrogens with zero attached hydrogens (tertiary/aromatic N) is 1. The van der Waals surface area contributed by atoms with Crippen LogP contribution in [-0.2, 0) is 9.53 Å². The van der Waals surface area contributed by atoms with Crippen molar-refractivity contribution in [3.05, 3.63) is 48.4 Å². The fourth-order valence-electron chi connectivity index (χ4n) is 2.71. The highest BCUT2D eigenvalue weighted by atomic mass is 19.1. The number of ether oxygens (including phenoxy) is 4. The Labute approximate surface area is 167 Å². The Hall–Kier alpha value is -3.55. The van der Waals surface area contributed by atoms with Gasteiger partial charge in [0.25, 0.3) is 0 Å². The molecule has 152 valence electrons. The molecule has 0 fully saturated rings. The van der Waals surface area contributed by atoms with Gasteiger partial charge in [0, 0.05) is 35.8 Å². The van der Waals surface area contributed by atoms with E-state index in [1.807, 2.05) is 0 Å². The van der Waals surface area contributed by atoms with E-state index in [1.54, 1.807) is 30.5 Å². The van der Waals surface area contributed by atoms with Crippen LogP contribution in [-0.4, -0.2) is 31.8 Å². The van der Waals surface area contributed by atoms with Crippen molar-refractivity contribution in [2.45, 2.75) is 12.8 Å². The summed E-state index contributed by atoms with van der Waals surface area (Å²) in [5.74, 6) is 0.548. The van der Waals surface area contributed by atoms with Crippen molar-refractivity contribution in [1.29, 1.82) is 0 Å². The summed E-state index contributed by atoms with van der Waals surface area (Å²) in [6.45, 7) is 0.309. The molecule has 0 aliphatic heterocycles. The maximum atomic E-state index is 14.1. The molecule has 2 N–H and O–H groups in total. The molecule has 3 rings (SSSR count). The van der Waals surface area contributed by atoms with E-state index in [-0.39, 0.29) is 18.1 Å². The third-order valence-corrected chi connectivity index (χ3v) is 4.17. The SMILES string of the molecule is COC(=O)CCCOc1cc2nccc(Oc3ccc(N)cc3F)c2cc1OC. The van der Waals surface area contributed by atoms with Crippen LogP contribution in [0.5, 0.6) is 23.0 Å². The lowest BCUT2D eigenvalue weighted by Gasteiger charge is -2.14. The Balaban J connectivity index is 1.85. The number of benzene rings is 2. The summed E-state index contributed by atoms with van der Waals surface area (Å²) in [4.78, 5) is 15.5. The van der Waals surface area contributed by atoms with Gasteiger partial charge in [-0.1, -0.05) is 0 Å². The van der Waals surface area contributed by atoms with Gasteiger partial charge in [-0.2, -0.15) is 0 Å². The Morgan fingerprint density at radius 3 is 2.62 bits per heavy atom. The lowest BCUT2D eigenvalue weighted by Crippen LogP contribution is -2.05. The average molecular weight is 400 g/mol. The highest BCUT2D eigenvalue weighted by Crippen LogP contribution is 2.37. The smallest absolute Gasteiger partial charge is 0.305 e. The minimum atomic E-state index is -0.563. The van der Waals surface area contributed by atoms with Gasteiger partial charge >= 0.3 is 5.97 Å². The Morgan fingerprint density at radius 1 is 1.07 bits per heavy atom. The molecule has 0 saturated carbocycles. The zero-order valence-electron chi connectivity index (χ0n) is 16.1. The first kappa shape index (κ1) is 20.2. The highest BCUT2D eigenvalue weighted by Gasteiger charge is 2.14. The molecule has 8 heteroatoms. The van der Waals surface area contributed by atoms with Crippen molar-refractivity contribution in [2.75, 3.05) is 26.6 Å². The van der Waals surface area contributed by atoms with Crippen LogP contribution in [0.3, 0.4) is 0 Å². The van der Waals surface area contributed by atoms with Gasteiger partial charge in [0.15, 0.2) is 23.1 Å². The maximum Gasteiger partial charge on any atom is 0.305 e. The normalized spacial score (nSPS) is 10.6. The summed E-state index contributed by atoms with van der Waals surface area (Å²) in [7, 11) is 2.86. The van der Waals surface area contributed by atoms with E-state index in [1.165, 1.54) is 26.4 Å². The topological polar surface area (TPSA) is 92.9 Å². The van der Waals surface area contributed by atoms with Crippen molar-refractivity contribution >= 4 is 22.6 Å². The number of fused-ring (bicyclic) bond motifs is 1. The van der Waals surface area contributed by atoms with Crippen molar-refractivity contribution < 1.29 is 28.1 Å². The van der Waals surface area contributed by atoms with E-state index in [2.05, 4.69) is 9.72 Å². The van der Waals surface area contributed by atoms with Crippen LogP contribution in [0.4, 0.5) is 10.1 Å². The second-order valence-electron chi connectivity index (χ2n) is 6.15. The van der Waals surface area contributed by atoms with Gasteiger partial charge in [-0.05, 0) is 30.7 Å². The van der Waals surface area contributed by atoms with Gasteiger partial charge in [-0.15, -0.1) is 0 Å². The highest BCUT2D eigenvalue weighted by molar-refractivity contribution is 5.88. The molecule has 2 aromatic carbocycles. The molecule has 0 bridgehead atoms. The maximum absolute atomic E-state index is 14.1. The molecule has 0 amide bonds. The molecule has 0 aliphatic carbocycles. The van der Waals surface area contributed by atoms with Gasteiger partial charge in [0.05, 0.1) is 26.3 Å². The Bertz CT molecular complexity index is 1030. The van der Waals surface area contributed by atoms with Crippen molar-refractivity contribution in [2.24, 2.45) is 0 Å². The lowest BCUT2D eigenvalue weighted by molar-refractivity contribution is -0.140. The van der Waals surface area contributed by atoms with E-state index in [9.17, 15) is 9.18 Å². The number of rotatable bonds is 8. The number of hydrogen-bond acceptors (Lipinski definition) is 7. The van der Waals surface area contributed by atoms with Gasteiger partial charge in [-0.3, -0.25) is 9.78 Å². The zero-order chi connectivity index (χ0) is 20.8. The third-order valence-electron chi connectivity index (χ3n) is 4.17. The summed E-state index contributed by atoms with van der Waals surface area (Å²) >= 11 is 0. The summed E-state index contributed by atoms with van der Waals surface area (Å²) in [5.41, 5.74) is 6.47. The molecule has 29 heavy (non-hydrogen) atoms. The molecule has 0 saturated heterocycles. The van der Waals surface area contributed by atoms with Crippen LogP contribution in [0, 0.1) is 5.82 Å². The summed E-state index contributed by atoms with van der Waals surface area (Å²) in [6.07, 6.45) is 2.32. The minimum absolute atomic E-state index is 0.0498. The quantitative estimate of drug-likeness (QED) is 0.346. The molecule has 0 spiro atoms. The molecular weight excluding hydrogens is 379 g/mol. The van der Waals surface area contributed by atoms with Gasteiger partial charge < -0.3 is 24.7 Å².